The average Bonchev–Trinajstić information content (AvgIpc) is 2.57. The Hall–Kier alpha value is -1.51. The molecular weight excluding hydrogens is 554 g/mol. The molecule has 0 aromatic heterocycles. The van der Waals surface area contributed by atoms with Gasteiger partial charge in [-0.05, 0) is 12.8 Å². The fraction of sp³-hybridized carbons (Fsp3) is 0.818. The molecule has 0 aromatic carbocycles. The van der Waals surface area contributed by atoms with E-state index in [0.717, 1.165) is 0 Å². The molecular formula is C22H34F6O8Ti. The third-order valence-electron chi connectivity index (χ3n) is 3.61. The summed E-state index contributed by atoms with van der Waals surface area (Å²) in [7, 11) is 0. The van der Waals surface area contributed by atoms with Gasteiger partial charge < -0.3 is 19.8 Å². The number of carboxylic acids is 2. The molecule has 0 aliphatic rings. The summed E-state index contributed by atoms with van der Waals surface area (Å²) in [6.45, 7) is 14.9. The summed E-state index contributed by atoms with van der Waals surface area (Å²) in [5, 5.41) is 20.3. The molecule has 0 rings (SSSR count). The van der Waals surface area contributed by atoms with Crippen LogP contribution < -0.4 is 10.2 Å². The van der Waals surface area contributed by atoms with E-state index in [1.807, 2.05) is 41.5 Å². The van der Waals surface area contributed by atoms with Crippen molar-refractivity contribution in [1.29, 1.82) is 0 Å². The van der Waals surface area contributed by atoms with Gasteiger partial charge in [0.1, 0.15) is 12.8 Å². The van der Waals surface area contributed by atoms with Crippen LogP contribution >= 0.6 is 0 Å². The van der Waals surface area contributed by atoms with Crippen LogP contribution in [0.2, 0.25) is 0 Å². The number of hydrogen-bond acceptors (Lipinski definition) is 8. The number of halogens is 6. The first kappa shape index (κ1) is 40.0. The second kappa shape index (κ2) is 17.2. The monoisotopic (exact) mass is 588 g/mol. The summed E-state index contributed by atoms with van der Waals surface area (Å²) in [5.74, 6) is -9.51. The topological polar surface area (TPSA) is 133 Å². The van der Waals surface area contributed by atoms with E-state index in [9.17, 15) is 55.7 Å². The first-order chi connectivity index (χ1) is 16.3. The van der Waals surface area contributed by atoms with Crippen molar-refractivity contribution in [2.24, 2.45) is 11.8 Å². The fourth-order valence-electron chi connectivity index (χ4n) is 1.96. The van der Waals surface area contributed by atoms with E-state index in [1.54, 1.807) is 0 Å². The zero-order valence-electron chi connectivity index (χ0n) is 22.0. The number of rotatable bonds is 10. The van der Waals surface area contributed by atoms with Crippen molar-refractivity contribution in [2.75, 3.05) is 0 Å². The van der Waals surface area contributed by atoms with E-state index >= 15 is 0 Å². The fourth-order valence-corrected chi connectivity index (χ4v) is 2.81. The van der Waals surface area contributed by atoms with Crippen molar-refractivity contribution in [3.05, 3.63) is 0 Å². The molecule has 0 N–H and O–H groups in total. The average molecular weight is 588 g/mol. The van der Waals surface area contributed by atoms with Crippen LogP contribution in [0.4, 0.5) is 26.3 Å². The first-order valence-electron chi connectivity index (χ1n) is 11.0. The molecule has 0 saturated carbocycles. The normalized spacial score (nSPS) is 13.6. The minimum absolute atomic E-state index is 0.0503. The maximum atomic E-state index is 11.6. The molecule has 15 heteroatoms. The second-order valence-electron chi connectivity index (χ2n) is 9.59. The molecule has 0 aliphatic heterocycles. The van der Waals surface area contributed by atoms with E-state index in [1.165, 1.54) is 13.8 Å². The summed E-state index contributed by atoms with van der Waals surface area (Å²) >= 11 is -0.681. The zero-order valence-corrected chi connectivity index (χ0v) is 23.6. The van der Waals surface area contributed by atoms with E-state index < -0.39 is 80.5 Å². The summed E-state index contributed by atoms with van der Waals surface area (Å²) < 4.78 is 80.8. The van der Waals surface area contributed by atoms with Crippen LogP contribution in [0, 0.1) is 11.8 Å². The Morgan fingerprint density at radius 1 is 0.649 bits per heavy atom. The van der Waals surface area contributed by atoms with Crippen LogP contribution in [0.5, 0.6) is 0 Å². The third-order valence-corrected chi connectivity index (χ3v) is 5.78. The summed E-state index contributed by atoms with van der Waals surface area (Å²) in [4.78, 5) is 41.7. The molecule has 0 aromatic rings. The largest absolute Gasteiger partial charge is 0.549 e. The number of carbonyl (C=O) groups is 4. The number of Topliss-reactive ketones (excluding diaryl/α,β-unsaturated/α-hetero) is 2. The van der Waals surface area contributed by atoms with E-state index in [2.05, 4.69) is 0 Å². The Kier molecular flexibility index (Phi) is 18.5. The van der Waals surface area contributed by atoms with Crippen molar-refractivity contribution in [2.45, 2.75) is 105 Å². The van der Waals surface area contributed by atoms with Crippen molar-refractivity contribution in [3.8, 4) is 0 Å². The van der Waals surface area contributed by atoms with Gasteiger partial charge in [0.15, 0.2) is 11.6 Å². The molecule has 2 atom stereocenters. The maximum absolute atomic E-state index is 11.6. The van der Waals surface area contributed by atoms with Crippen molar-refractivity contribution < 1.29 is 82.3 Å². The van der Waals surface area contributed by atoms with Gasteiger partial charge in [0, 0.05) is 0 Å². The molecule has 37 heavy (non-hydrogen) atoms. The first-order valence-corrected chi connectivity index (χ1v) is 12.2. The number of hydrogen-bond donors (Lipinski definition) is 0. The second-order valence-corrected chi connectivity index (χ2v) is 10.5. The van der Waals surface area contributed by atoms with Gasteiger partial charge in [0.05, 0.1) is 23.8 Å². The summed E-state index contributed by atoms with van der Waals surface area (Å²) in [6, 6.07) is 0. The molecule has 0 fully saturated rings. The number of ketones is 2. The Bertz CT molecular complexity index is 665. The standard InChI is InChI=1S/2C7H9F3O3.2C4H9O.Ti/c2*1-2-4(6(12)13)5(11)3-7(8,9)10;2*1-4(2,3)5;/h2*4H,2-3H2,1H3,(H,12,13);2*1-3H3;/q;;2*-1;+4/p-2. The number of carbonyl (C=O) groups excluding carboxylic acids is 4. The van der Waals surface area contributed by atoms with Crippen LogP contribution in [-0.2, 0) is 45.7 Å². The van der Waals surface area contributed by atoms with Gasteiger partial charge in [0.25, 0.3) is 0 Å². The van der Waals surface area contributed by atoms with E-state index in [4.69, 9.17) is 6.64 Å². The van der Waals surface area contributed by atoms with E-state index in [-0.39, 0.29) is 24.0 Å². The molecule has 0 amide bonds. The predicted molar refractivity (Wildman–Crippen MR) is 111 cm³/mol. The van der Waals surface area contributed by atoms with Crippen LogP contribution in [0.3, 0.4) is 0 Å². The minimum atomic E-state index is -4.65. The molecule has 216 valence electrons. The predicted octanol–water partition coefficient (Wildman–Crippen LogP) is 3.10. The van der Waals surface area contributed by atoms with Gasteiger partial charge in [-0.1, -0.05) is 13.8 Å². The van der Waals surface area contributed by atoms with Gasteiger partial charge in [-0.25, -0.2) is 0 Å². The smallest absolute Gasteiger partial charge is 0.395 e. The molecule has 0 heterocycles. The van der Waals surface area contributed by atoms with Crippen molar-refractivity contribution in [3.63, 3.8) is 0 Å². The van der Waals surface area contributed by atoms with Gasteiger partial charge >= 0.3 is 91.7 Å². The molecule has 0 bridgehead atoms. The van der Waals surface area contributed by atoms with Gasteiger partial charge in [-0.2, -0.15) is 26.3 Å². The molecule has 8 nitrogen and oxygen atoms in total. The van der Waals surface area contributed by atoms with Gasteiger partial charge in [0.2, 0.25) is 0 Å². The number of carboxylic acid groups (broad SMARTS) is 2. The summed E-state index contributed by atoms with van der Waals surface area (Å²) in [5.41, 5.74) is -0.101. The van der Waals surface area contributed by atoms with Crippen LogP contribution in [0.15, 0.2) is 0 Å². The van der Waals surface area contributed by atoms with E-state index in [0.29, 0.717) is 0 Å². The molecule has 0 aliphatic carbocycles. The minimum Gasteiger partial charge on any atom is -0.549 e. The van der Waals surface area contributed by atoms with Gasteiger partial charge in [-0.15, -0.1) is 0 Å². The van der Waals surface area contributed by atoms with Crippen molar-refractivity contribution in [1.82, 2.24) is 0 Å². The van der Waals surface area contributed by atoms with Crippen molar-refractivity contribution >= 4 is 23.5 Å². The Morgan fingerprint density at radius 2 is 0.892 bits per heavy atom. The molecule has 2 unspecified atom stereocenters. The third kappa shape index (κ3) is 27.3. The summed E-state index contributed by atoms with van der Waals surface area (Å²) in [6.07, 6.45) is -13.1. The molecule has 0 saturated heterocycles. The zero-order chi connectivity index (χ0) is 30.4. The Morgan fingerprint density at radius 3 is 1.03 bits per heavy atom. The van der Waals surface area contributed by atoms with Crippen LogP contribution in [-0.4, -0.2) is 47.1 Å². The Labute approximate surface area is 222 Å². The number of alkyl halides is 6. The van der Waals surface area contributed by atoms with Crippen LogP contribution in [0.25, 0.3) is 0 Å². The molecule has 0 radical (unpaired) electrons. The number of aliphatic carboxylic acids is 2. The van der Waals surface area contributed by atoms with Gasteiger partial charge in [-0.3, -0.25) is 9.59 Å². The van der Waals surface area contributed by atoms with Crippen LogP contribution in [0.1, 0.15) is 81.1 Å². The maximum Gasteiger partial charge on any atom is 0.395 e. The SMILES string of the molecule is CC(C)(C)[O][Ti+2][O]C(C)(C)C.CCC(C(=O)[O-])C(=O)CC(F)(F)F.CCC(C(=O)[O-])C(=O)CC(F)(F)F. The quantitative estimate of drug-likeness (QED) is 0.216. The Balaban J connectivity index is -0.000000471. The molecule has 0 spiro atoms.